The van der Waals surface area contributed by atoms with Crippen LogP contribution in [0.15, 0.2) is 30.5 Å². The van der Waals surface area contributed by atoms with Gasteiger partial charge in [0.05, 0.1) is 31.4 Å². The molecule has 3 aliphatic rings. The fraction of sp³-hybridized carbons (Fsp3) is 0.636. The molecule has 1 aliphatic carbocycles. The molecule has 1 atom stereocenters. The number of aromatic nitrogens is 1. The first kappa shape index (κ1) is 17.5. The maximum absolute atomic E-state index is 6.44. The maximum atomic E-state index is 6.44. The molecular weight excluding hydrogens is 340 g/mol. The summed E-state index contributed by atoms with van der Waals surface area (Å²) in [6, 6.07) is 8.71. The summed E-state index contributed by atoms with van der Waals surface area (Å²) >= 11 is 0. The molecule has 2 saturated heterocycles. The second kappa shape index (κ2) is 7.82. The summed E-state index contributed by atoms with van der Waals surface area (Å²) in [7, 11) is 0. The second-order valence-electron chi connectivity index (χ2n) is 8.29. The van der Waals surface area contributed by atoms with Gasteiger partial charge in [0.1, 0.15) is 11.9 Å². The lowest BCUT2D eigenvalue weighted by molar-refractivity contribution is -0.100. The number of ether oxygens (including phenoxy) is 3. The van der Waals surface area contributed by atoms with E-state index in [1.165, 1.54) is 23.7 Å². The summed E-state index contributed by atoms with van der Waals surface area (Å²) in [5, 5.41) is 1.26. The first-order chi connectivity index (χ1) is 13.3. The van der Waals surface area contributed by atoms with Crippen LogP contribution in [0.25, 0.3) is 10.9 Å². The summed E-state index contributed by atoms with van der Waals surface area (Å²) in [5.74, 6) is 1.93. The largest absolute Gasteiger partial charge is 0.490 e. The first-order valence-electron chi connectivity index (χ1n) is 10.5. The van der Waals surface area contributed by atoms with Crippen LogP contribution in [-0.2, 0) is 16.0 Å². The van der Waals surface area contributed by atoms with Crippen molar-refractivity contribution in [2.24, 2.45) is 5.92 Å². The molecule has 2 aromatic rings. The molecule has 1 aromatic carbocycles. The predicted molar refractivity (Wildman–Crippen MR) is 105 cm³/mol. The predicted octanol–water partition coefficient (Wildman–Crippen LogP) is 3.31. The summed E-state index contributed by atoms with van der Waals surface area (Å²) in [4.78, 5) is 2.49. The van der Waals surface area contributed by atoms with Crippen molar-refractivity contribution in [1.82, 2.24) is 9.47 Å². The van der Waals surface area contributed by atoms with Crippen LogP contribution in [0.2, 0.25) is 0 Å². The normalized spacial score (nSPS) is 25.1. The van der Waals surface area contributed by atoms with Gasteiger partial charge in [-0.25, -0.2) is 0 Å². The number of hydrogen-bond acceptors (Lipinski definition) is 4. The number of fused-ring (bicyclic) bond motifs is 1. The standard InChI is InChI=1S/C22H30N2O3/c1-2-21-20(8-11-24(21)14-17-4-5-17)22(3-1)27-18-6-9-23(10-7-18)15-19-16-25-12-13-26-19/h1-3,8,11,17-19H,4-7,9-10,12-16H2. The topological polar surface area (TPSA) is 35.9 Å². The van der Waals surface area contributed by atoms with Crippen LogP contribution >= 0.6 is 0 Å². The molecule has 146 valence electrons. The minimum absolute atomic E-state index is 0.233. The molecule has 3 heterocycles. The van der Waals surface area contributed by atoms with E-state index in [4.69, 9.17) is 14.2 Å². The molecule has 1 aromatic heterocycles. The number of piperidine rings is 1. The SMILES string of the molecule is c1cc(OC2CCN(CC3COCCO3)CC2)c2ccn(CC3CC3)c2c1. The van der Waals surface area contributed by atoms with Crippen LogP contribution in [0.4, 0.5) is 0 Å². The molecule has 1 saturated carbocycles. The van der Waals surface area contributed by atoms with E-state index in [1.807, 2.05) is 0 Å². The molecule has 27 heavy (non-hydrogen) atoms. The van der Waals surface area contributed by atoms with E-state index in [-0.39, 0.29) is 6.10 Å². The van der Waals surface area contributed by atoms with Crippen molar-refractivity contribution in [3.63, 3.8) is 0 Å². The van der Waals surface area contributed by atoms with Gasteiger partial charge in [-0.15, -0.1) is 0 Å². The fourth-order valence-corrected chi connectivity index (χ4v) is 4.36. The third-order valence-electron chi connectivity index (χ3n) is 6.10. The quantitative estimate of drug-likeness (QED) is 0.782. The third-order valence-corrected chi connectivity index (χ3v) is 6.10. The number of benzene rings is 1. The van der Waals surface area contributed by atoms with E-state index in [0.29, 0.717) is 6.10 Å². The molecule has 1 unspecified atom stereocenters. The molecular formula is C22H30N2O3. The van der Waals surface area contributed by atoms with Gasteiger partial charge < -0.3 is 23.7 Å². The van der Waals surface area contributed by atoms with Crippen molar-refractivity contribution in [3.8, 4) is 5.75 Å². The highest BCUT2D eigenvalue weighted by Gasteiger charge is 2.25. The molecule has 3 fully saturated rings. The Balaban J connectivity index is 1.18. The average Bonchev–Trinajstić information content (AvgIpc) is 3.43. The van der Waals surface area contributed by atoms with Crippen LogP contribution in [0.1, 0.15) is 25.7 Å². The van der Waals surface area contributed by atoms with E-state index in [0.717, 1.165) is 70.5 Å². The lowest BCUT2D eigenvalue weighted by Gasteiger charge is -2.35. The lowest BCUT2D eigenvalue weighted by Crippen LogP contribution is -2.45. The van der Waals surface area contributed by atoms with Crippen LogP contribution in [0.5, 0.6) is 5.75 Å². The molecule has 5 rings (SSSR count). The van der Waals surface area contributed by atoms with E-state index >= 15 is 0 Å². The van der Waals surface area contributed by atoms with Gasteiger partial charge in [-0.2, -0.15) is 0 Å². The Morgan fingerprint density at radius 2 is 1.89 bits per heavy atom. The molecule has 2 aliphatic heterocycles. The Kier molecular flexibility index (Phi) is 5.08. The first-order valence-corrected chi connectivity index (χ1v) is 10.5. The molecule has 0 amide bonds. The monoisotopic (exact) mass is 370 g/mol. The number of hydrogen-bond donors (Lipinski definition) is 0. The smallest absolute Gasteiger partial charge is 0.129 e. The van der Waals surface area contributed by atoms with Gasteiger partial charge in [-0.3, -0.25) is 0 Å². The minimum atomic E-state index is 0.233. The van der Waals surface area contributed by atoms with Gasteiger partial charge in [0.15, 0.2) is 0 Å². The zero-order valence-electron chi connectivity index (χ0n) is 16.0. The molecule has 0 N–H and O–H groups in total. The van der Waals surface area contributed by atoms with Gasteiger partial charge in [-0.1, -0.05) is 6.07 Å². The Morgan fingerprint density at radius 3 is 2.67 bits per heavy atom. The number of nitrogens with zero attached hydrogens (tertiary/aromatic N) is 2. The Labute approximate surface area is 161 Å². The van der Waals surface area contributed by atoms with Crippen LogP contribution in [0.3, 0.4) is 0 Å². The summed E-state index contributed by atoms with van der Waals surface area (Å²) in [6.07, 6.45) is 7.68. The summed E-state index contributed by atoms with van der Waals surface area (Å²) < 4.78 is 20.1. The van der Waals surface area contributed by atoms with E-state index in [9.17, 15) is 0 Å². The number of rotatable bonds is 6. The summed E-state index contributed by atoms with van der Waals surface area (Å²) in [5.41, 5.74) is 1.31. The lowest BCUT2D eigenvalue weighted by atomic mass is 10.1. The van der Waals surface area contributed by atoms with Crippen molar-refractivity contribution in [2.75, 3.05) is 39.5 Å². The van der Waals surface area contributed by atoms with Gasteiger partial charge in [0, 0.05) is 37.8 Å². The third kappa shape index (κ3) is 4.15. The van der Waals surface area contributed by atoms with Gasteiger partial charge >= 0.3 is 0 Å². The molecule has 0 radical (unpaired) electrons. The van der Waals surface area contributed by atoms with Crippen LogP contribution in [-0.4, -0.2) is 61.1 Å². The van der Waals surface area contributed by atoms with Crippen molar-refractivity contribution in [2.45, 2.75) is 44.4 Å². The molecule has 0 spiro atoms. The van der Waals surface area contributed by atoms with Crippen LogP contribution in [0, 0.1) is 5.92 Å². The van der Waals surface area contributed by atoms with Crippen molar-refractivity contribution < 1.29 is 14.2 Å². The highest BCUT2D eigenvalue weighted by Crippen LogP contribution is 2.34. The summed E-state index contributed by atoms with van der Waals surface area (Å²) in [6.45, 7) is 6.47. The number of likely N-dealkylation sites (tertiary alicyclic amines) is 1. The Bertz CT molecular complexity index is 756. The molecule has 5 heteroatoms. The van der Waals surface area contributed by atoms with Crippen LogP contribution < -0.4 is 4.74 Å². The highest BCUT2D eigenvalue weighted by molar-refractivity contribution is 5.86. The molecule has 5 nitrogen and oxygen atoms in total. The Hall–Kier alpha value is -1.56. The average molecular weight is 370 g/mol. The zero-order chi connectivity index (χ0) is 18.1. The van der Waals surface area contributed by atoms with Gasteiger partial charge in [0.25, 0.3) is 0 Å². The minimum Gasteiger partial charge on any atom is -0.490 e. The van der Waals surface area contributed by atoms with Gasteiger partial charge in [-0.05, 0) is 49.8 Å². The fourth-order valence-electron chi connectivity index (χ4n) is 4.36. The zero-order valence-corrected chi connectivity index (χ0v) is 16.0. The van der Waals surface area contributed by atoms with Gasteiger partial charge in [0.2, 0.25) is 0 Å². The van der Waals surface area contributed by atoms with E-state index in [2.05, 4.69) is 39.9 Å². The van der Waals surface area contributed by atoms with E-state index < -0.39 is 0 Å². The molecule has 0 bridgehead atoms. The van der Waals surface area contributed by atoms with Crippen molar-refractivity contribution >= 4 is 10.9 Å². The second-order valence-corrected chi connectivity index (χ2v) is 8.29. The maximum Gasteiger partial charge on any atom is 0.129 e. The van der Waals surface area contributed by atoms with E-state index in [1.54, 1.807) is 0 Å². The van der Waals surface area contributed by atoms with Crippen molar-refractivity contribution in [1.29, 1.82) is 0 Å². The van der Waals surface area contributed by atoms with Crippen molar-refractivity contribution in [3.05, 3.63) is 30.5 Å². The Morgan fingerprint density at radius 1 is 1.00 bits per heavy atom. The highest BCUT2D eigenvalue weighted by atomic mass is 16.6.